The predicted molar refractivity (Wildman–Crippen MR) is 63.3 cm³/mol. The van der Waals surface area contributed by atoms with E-state index in [0.717, 1.165) is 5.56 Å². The zero-order valence-corrected chi connectivity index (χ0v) is 9.30. The smallest absolute Gasteiger partial charge is 0.321 e. The van der Waals surface area contributed by atoms with Crippen molar-refractivity contribution in [2.75, 3.05) is 0 Å². The summed E-state index contributed by atoms with van der Waals surface area (Å²) in [5.41, 5.74) is 0.784. The molecule has 1 aromatic carbocycles. The monoisotopic (exact) mass is 230 g/mol. The van der Waals surface area contributed by atoms with Crippen LogP contribution in [-0.2, 0) is 0 Å². The van der Waals surface area contributed by atoms with Crippen molar-refractivity contribution in [1.29, 1.82) is 0 Å². The van der Waals surface area contributed by atoms with Gasteiger partial charge in [0.05, 0.1) is 5.83 Å². The van der Waals surface area contributed by atoms with E-state index in [9.17, 15) is 4.39 Å². The van der Waals surface area contributed by atoms with Gasteiger partial charge in [0.25, 0.3) is 0 Å². The first-order chi connectivity index (χ1) is 8.24. The van der Waals surface area contributed by atoms with Gasteiger partial charge in [0.15, 0.2) is 0 Å². The van der Waals surface area contributed by atoms with E-state index in [2.05, 4.69) is 9.97 Å². The fourth-order valence-corrected chi connectivity index (χ4v) is 1.31. The summed E-state index contributed by atoms with van der Waals surface area (Å²) >= 11 is 0. The van der Waals surface area contributed by atoms with Gasteiger partial charge in [0, 0.05) is 12.4 Å². The van der Waals surface area contributed by atoms with E-state index in [4.69, 9.17) is 4.74 Å². The van der Waals surface area contributed by atoms with Gasteiger partial charge >= 0.3 is 6.01 Å². The first kappa shape index (κ1) is 11.3. The lowest BCUT2D eigenvalue weighted by molar-refractivity contribution is 0.442. The van der Waals surface area contributed by atoms with Crippen LogP contribution in [0.5, 0.6) is 11.8 Å². The Hall–Kier alpha value is -2.23. The highest BCUT2D eigenvalue weighted by molar-refractivity contribution is 5.52. The topological polar surface area (TPSA) is 35.0 Å². The van der Waals surface area contributed by atoms with Crippen LogP contribution in [0.2, 0.25) is 0 Å². The van der Waals surface area contributed by atoms with Crippen LogP contribution >= 0.6 is 0 Å². The summed E-state index contributed by atoms with van der Waals surface area (Å²) in [7, 11) is 0. The molecule has 0 saturated carbocycles. The van der Waals surface area contributed by atoms with Crippen molar-refractivity contribution in [2.45, 2.75) is 6.92 Å². The molecule has 3 nitrogen and oxygen atoms in total. The maximum atomic E-state index is 12.6. The van der Waals surface area contributed by atoms with E-state index in [1.54, 1.807) is 42.7 Å². The van der Waals surface area contributed by atoms with Gasteiger partial charge in [-0.2, -0.15) is 0 Å². The second-order valence-electron chi connectivity index (χ2n) is 3.43. The molecule has 0 saturated heterocycles. The van der Waals surface area contributed by atoms with Crippen molar-refractivity contribution in [3.8, 4) is 11.8 Å². The van der Waals surface area contributed by atoms with Crippen LogP contribution in [0.15, 0.2) is 48.6 Å². The Bertz CT molecular complexity index is 505. The molecule has 0 N–H and O–H groups in total. The minimum Gasteiger partial charge on any atom is -0.424 e. The van der Waals surface area contributed by atoms with E-state index in [1.807, 2.05) is 0 Å². The summed E-state index contributed by atoms with van der Waals surface area (Å²) in [6, 6.07) is 9.02. The Morgan fingerprint density at radius 2 is 1.82 bits per heavy atom. The first-order valence-corrected chi connectivity index (χ1v) is 5.13. The molecule has 4 heteroatoms. The first-order valence-electron chi connectivity index (χ1n) is 5.13. The fourth-order valence-electron chi connectivity index (χ4n) is 1.31. The van der Waals surface area contributed by atoms with Crippen molar-refractivity contribution in [1.82, 2.24) is 9.97 Å². The van der Waals surface area contributed by atoms with Crippen LogP contribution in [0.25, 0.3) is 6.08 Å². The molecule has 0 bridgehead atoms. The highest BCUT2D eigenvalue weighted by Gasteiger charge is 1.98. The normalized spacial score (nSPS) is 11.3. The molecule has 0 radical (unpaired) electrons. The molecular weight excluding hydrogens is 219 g/mol. The molecule has 0 aliphatic carbocycles. The lowest BCUT2D eigenvalue weighted by Gasteiger charge is -2.02. The molecule has 1 heterocycles. The van der Waals surface area contributed by atoms with Gasteiger partial charge in [-0.15, -0.1) is 0 Å². The lowest BCUT2D eigenvalue weighted by atomic mass is 10.2. The molecule has 17 heavy (non-hydrogen) atoms. The number of ether oxygens (including phenoxy) is 1. The van der Waals surface area contributed by atoms with Gasteiger partial charge in [-0.1, -0.05) is 12.1 Å². The third-order valence-electron chi connectivity index (χ3n) is 2.00. The molecule has 0 unspecified atom stereocenters. The lowest BCUT2D eigenvalue weighted by Crippen LogP contribution is -1.89. The van der Waals surface area contributed by atoms with Crippen LogP contribution in [0.4, 0.5) is 4.39 Å². The summed E-state index contributed by atoms with van der Waals surface area (Å²) in [4.78, 5) is 7.88. The van der Waals surface area contributed by atoms with Crippen molar-refractivity contribution < 1.29 is 9.13 Å². The predicted octanol–water partition coefficient (Wildman–Crippen LogP) is 3.60. The molecular formula is C13H11FN2O. The van der Waals surface area contributed by atoms with Crippen LogP contribution in [0, 0.1) is 0 Å². The van der Waals surface area contributed by atoms with Gasteiger partial charge in [-0.05, 0) is 36.8 Å². The number of halogens is 1. The quantitative estimate of drug-likeness (QED) is 0.808. The Labute approximate surface area is 98.6 Å². The minimum atomic E-state index is -0.231. The second-order valence-corrected chi connectivity index (χ2v) is 3.43. The Morgan fingerprint density at radius 1 is 1.18 bits per heavy atom. The number of aromatic nitrogens is 2. The van der Waals surface area contributed by atoms with Crippen molar-refractivity contribution >= 4 is 6.08 Å². The average Bonchev–Trinajstić information content (AvgIpc) is 2.32. The number of rotatable bonds is 3. The van der Waals surface area contributed by atoms with Crippen LogP contribution in [0.1, 0.15) is 12.5 Å². The summed E-state index contributed by atoms with van der Waals surface area (Å²) in [6.07, 6.45) is 4.65. The van der Waals surface area contributed by atoms with Crippen LogP contribution < -0.4 is 4.74 Å². The summed E-state index contributed by atoms with van der Waals surface area (Å²) in [5, 5.41) is 0. The summed E-state index contributed by atoms with van der Waals surface area (Å²) in [6.45, 7) is 1.40. The molecule has 1 aromatic heterocycles. The van der Waals surface area contributed by atoms with Gasteiger partial charge in [0.2, 0.25) is 0 Å². The Balaban J connectivity index is 2.11. The van der Waals surface area contributed by atoms with E-state index in [1.165, 1.54) is 13.0 Å². The average molecular weight is 230 g/mol. The largest absolute Gasteiger partial charge is 0.424 e. The standard InChI is InChI=1S/C13H11FN2O/c1-10(14)9-11-3-5-12(6-4-11)17-13-15-7-2-8-16-13/h2-9H,1H3/b10-9-. The van der Waals surface area contributed by atoms with Gasteiger partial charge < -0.3 is 4.74 Å². The van der Waals surface area contributed by atoms with E-state index >= 15 is 0 Å². The van der Waals surface area contributed by atoms with E-state index < -0.39 is 0 Å². The second kappa shape index (κ2) is 5.21. The number of hydrogen-bond acceptors (Lipinski definition) is 3. The minimum absolute atomic E-state index is 0.231. The Kier molecular flexibility index (Phi) is 3.45. The fraction of sp³-hybridized carbons (Fsp3) is 0.0769. The van der Waals surface area contributed by atoms with Crippen molar-refractivity contribution in [3.63, 3.8) is 0 Å². The highest BCUT2D eigenvalue weighted by Crippen LogP contribution is 2.18. The molecule has 0 fully saturated rings. The maximum absolute atomic E-state index is 12.6. The maximum Gasteiger partial charge on any atom is 0.321 e. The highest BCUT2D eigenvalue weighted by atomic mass is 19.1. The Morgan fingerprint density at radius 3 is 2.41 bits per heavy atom. The summed E-state index contributed by atoms with van der Waals surface area (Å²) < 4.78 is 18.0. The summed E-state index contributed by atoms with van der Waals surface area (Å²) in [5.74, 6) is 0.384. The van der Waals surface area contributed by atoms with E-state index in [0.29, 0.717) is 5.75 Å². The molecule has 0 spiro atoms. The van der Waals surface area contributed by atoms with Crippen LogP contribution in [0.3, 0.4) is 0 Å². The van der Waals surface area contributed by atoms with Gasteiger partial charge in [-0.25, -0.2) is 14.4 Å². The molecule has 0 atom stereocenters. The van der Waals surface area contributed by atoms with Crippen LogP contribution in [-0.4, -0.2) is 9.97 Å². The molecule has 0 amide bonds. The van der Waals surface area contributed by atoms with Gasteiger partial charge in [-0.3, -0.25) is 0 Å². The number of hydrogen-bond donors (Lipinski definition) is 0. The SMILES string of the molecule is C/C(F)=C/c1ccc(Oc2ncccn2)cc1. The molecule has 2 aromatic rings. The number of allylic oxidation sites excluding steroid dienone is 1. The third-order valence-corrected chi connectivity index (χ3v) is 2.00. The molecule has 0 aliphatic rings. The zero-order valence-electron chi connectivity index (χ0n) is 9.30. The van der Waals surface area contributed by atoms with Gasteiger partial charge in [0.1, 0.15) is 5.75 Å². The number of benzene rings is 1. The number of nitrogens with zero attached hydrogens (tertiary/aromatic N) is 2. The third kappa shape index (κ3) is 3.38. The van der Waals surface area contributed by atoms with E-state index in [-0.39, 0.29) is 11.8 Å². The molecule has 86 valence electrons. The van der Waals surface area contributed by atoms with Crippen molar-refractivity contribution in [2.24, 2.45) is 0 Å². The van der Waals surface area contributed by atoms with Crippen molar-refractivity contribution in [3.05, 3.63) is 54.1 Å². The molecule has 2 rings (SSSR count). The molecule has 0 aliphatic heterocycles. The zero-order chi connectivity index (χ0) is 12.1.